The van der Waals surface area contributed by atoms with E-state index in [2.05, 4.69) is 10.0 Å². The Morgan fingerprint density at radius 3 is 2.74 bits per heavy atom. The lowest BCUT2D eigenvalue weighted by atomic mass is 9.93. The summed E-state index contributed by atoms with van der Waals surface area (Å²) in [5.74, 6) is -0.743. The van der Waals surface area contributed by atoms with Crippen molar-refractivity contribution >= 4 is 21.8 Å². The fraction of sp³-hybridized carbons (Fsp3) is 0.545. The highest BCUT2D eigenvalue weighted by Gasteiger charge is 2.25. The maximum absolute atomic E-state index is 13.9. The van der Waals surface area contributed by atoms with E-state index in [0.717, 1.165) is 12.8 Å². The van der Waals surface area contributed by atoms with E-state index >= 15 is 0 Å². The largest absolute Gasteiger partial charge is 0.490 e. The summed E-state index contributed by atoms with van der Waals surface area (Å²) in [6, 6.07) is 3.84. The van der Waals surface area contributed by atoms with Crippen molar-refractivity contribution in [1.29, 1.82) is 0 Å². The van der Waals surface area contributed by atoms with Crippen molar-refractivity contribution in [3.63, 3.8) is 0 Å². The van der Waals surface area contributed by atoms with E-state index in [1.165, 1.54) is 6.07 Å². The van der Waals surface area contributed by atoms with Crippen LogP contribution in [0.2, 0.25) is 0 Å². The molecule has 1 aromatic rings. The Bertz CT molecular complexity index is 943. The molecule has 3 rings (SSSR count). The number of ether oxygens (including phenoxy) is 1. The van der Waals surface area contributed by atoms with Crippen molar-refractivity contribution in [2.75, 3.05) is 12.4 Å². The number of hydrogen-bond acceptors (Lipinski definition) is 5. The van der Waals surface area contributed by atoms with Crippen LogP contribution in [0, 0.1) is 17.7 Å². The Balaban J connectivity index is 1.46. The van der Waals surface area contributed by atoms with Gasteiger partial charge in [0.1, 0.15) is 0 Å². The predicted molar refractivity (Wildman–Crippen MR) is 114 cm³/mol. The standard InChI is InChI=1S/C22H29FN2O5S/c1-15(18-8-10-19(23)20(13-18)30-14-16-6-7-16)25-31(28,29)12-4-2-3-5-17-9-11-21(26)24-22(17)27/h2,4,8,10,13,15-17,25H,3,5-7,9,11-12,14H2,1H3,(H,24,26,27)/b4-2+. The fourth-order valence-electron chi connectivity index (χ4n) is 3.40. The first-order valence-corrected chi connectivity index (χ1v) is 12.3. The minimum Gasteiger partial charge on any atom is -0.490 e. The molecule has 1 heterocycles. The summed E-state index contributed by atoms with van der Waals surface area (Å²) in [4.78, 5) is 22.9. The third kappa shape index (κ3) is 7.43. The van der Waals surface area contributed by atoms with Gasteiger partial charge >= 0.3 is 0 Å². The van der Waals surface area contributed by atoms with Crippen LogP contribution in [0.3, 0.4) is 0 Å². The maximum atomic E-state index is 13.9. The van der Waals surface area contributed by atoms with Crippen LogP contribution in [0.15, 0.2) is 30.4 Å². The topological polar surface area (TPSA) is 102 Å². The number of nitrogens with one attached hydrogen (secondary N) is 2. The van der Waals surface area contributed by atoms with Gasteiger partial charge in [0.2, 0.25) is 21.8 Å². The Labute approximate surface area is 182 Å². The second-order valence-corrected chi connectivity index (χ2v) is 10.1. The highest BCUT2D eigenvalue weighted by Crippen LogP contribution is 2.31. The third-order valence-electron chi connectivity index (χ3n) is 5.50. The minimum absolute atomic E-state index is 0.142. The van der Waals surface area contributed by atoms with E-state index in [4.69, 9.17) is 4.74 Å². The molecule has 2 N–H and O–H groups in total. The van der Waals surface area contributed by atoms with Gasteiger partial charge in [0.15, 0.2) is 11.6 Å². The Kier molecular flexibility index (Phi) is 7.83. The zero-order valence-electron chi connectivity index (χ0n) is 17.6. The average molecular weight is 453 g/mol. The first kappa shape index (κ1) is 23.4. The number of allylic oxidation sites excluding steroid dienone is 1. The first-order valence-electron chi connectivity index (χ1n) is 10.6. The summed E-state index contributed by atoms with van der Waals surface area (Å²) < 4.78 is 46.8. The minimum atomic E-state index is -3.59. The summed E-state index contributed by atoms with van der Waals surface area (Å²) >= 11 is 0. The van der Waals surface area contributed by atoms with Gasteiger partial charge in [0, 0.05) is 18.4 Å². The molecule has 170 valence electrons. The van der Waals surface area contributed by atoms with Gasteiger partial charge in [-0.05, 0) is 62.6 Å². The highest BCUT2D eigenvalue weighted by atomic mass is 32.2. The molecule has 0 aromatic heterocycles. The average Bonchev–Trinajstić information content (AvgIpc) is 3.52. The molecule has 1 saturated carbocycles. The Morgan fingerprint density at radius 1 is 1.26 bits per heavy atom. The smallest absolute Gasteiger partial charge is 0.229 e. The van der Waals surface area contributed by atoms with Crippen LogP contribution in [-0.2, 0) is 19.6 Å². The van der Waals surface area contributed by atoms with Gasteiger partial charge < -0.3 is 4.74 Å². The predicted octanol–water partition coefficient (Wildman–Crippen LogP) is 2.98. The fourth-order valence-corrected chi connectivity index (χ4v) is 4.56. The van der Waals surface area contributed by atoms with Crippen LogP contribution in [0.5, 0.6) is 5.75 Å². The zero-order valence-corrected chi connectivity index (χ0v) is 18.4. The van der Waals surface area contributed by atoms with Crippen LogP contribution in [0.4, 0.5) is 4.39 Å². The molecule has 1 aliphatic carbocycles. The van der Waals surface area contributed by atoms with Crippen molar-refractivity contribution in [1.82, 2.24) is 10.0 Å². The Hall–Kier alpha value is -2.26. The number of rotatable bonds is 11. The summed E-state index contributed by atoms with van der Waals surface area (Å²) in [6.07, 6.45) is 7.46. The van der Waals surface area contributed by atoms with E-state index in [9.17, 15) is 22.4 Å². The number of carbonyl (C=O) groups is 2. The number of halogens is 1. The number of sulfonamides is 1. The molecule has 2 fully saturated rings. The van der Waals surface area contributed by atoms with Crippen LogP contribution in [0.1, 0.15) is 57.1 Å². The van der Waals surface area contributed by atoms with Gasteiger partial charge in [-0.2, -0.15) is 0 Å². The molecule has 2 aliphatic rings. The van der Waals surface area contributed by atoms with E-state index < -0.39 is 21.9 Å². The molecule has 1 aliphatic heterocycles. The van der Waals surface area contributed by atoms with Gasteiger partial charge in [0.05, 0.1) is 12.4 Å². The van der Waals surface area contributed by atoms with Gasteiger partial charge in [0.25, 0.3) is 0 Å². The van der Waals surface area contributed by atoms with Crippen LogP contribution < -0.4 is 14.8 Å². The zero-order chi connectivity index (χ0) is 22.4. The lowest BCUT2D eigenvalue weighted by Gasteiger charge is -2.19. The highest BCUT2D eigenvalue weighted by molar-refractivity contribution is 7.89. The van der Waals surface area contributed by atoms with Crippen molar-refractivity contribution < 1.29 is 27.1 Å². The van der Waals surface area contributed by atoms with E-state index in [0.29, 0.717) is 43.8 Å². The molecule has 1 saturated heterocycles. The Morgan fingerprint density at radius 2 is 2.03 bits per heavy atom. The van der Waals surface area contributed by atoms with E-state index in [-0.39, 0.29) is 29.2 Å². The molecule has 2 amide bonds. The molecule has 0 bridgehead atoms. The van der Waals surface area contributed by atoms with Crippen molar-refractivity contribution in [2.45, 2.75) is 51.5 Å². The molecule has 2 atom stereocenters. The van der Waals surface area contributed by atoms with Crippen molar-refractivity contribution in [3.8, 4) is 5.75 Å². The van der Waals surface area contributed by atoms with Crippen LogP contribution >= 0.6 is 0 Å². The van der Waals surface area contributed by atoms with Crippen LogP contribution in [-0.4, -0.2) is 32.6 Å². The summed E-state index contributed by atoms with van der Waals surface area (Å²) in [7, 11) is -3.59. The summed E-state index contributed by atoms with van der Waals surface area (Å²) in [5, 5.41) is 2.32. The van der Waals surface area contributed by atoms with Crippen molar-refractivity contribution in [2.24, 2.45) is 11.8 Å². The molecule has 0 radical (unpaired) electrons. The number of hydrogen-bond donors (Lipinski definition) is 2. The third-order valence-corrected chi connectivity index (χ3v) is 6.84. The number of piperidine rings is 1. The molecular weight excluding hydrogens is 423 g/mol. The van der Waals surface area contributed by atoms with E-state index in [1.54, 1.807) is 31.2 Å². The number of amides is 2. The van der Waals surface area contributed by atoms with Crippen molar-refractivity contribution in [3.05, 3.63) is 41.7 Å². The number of carbonyl (C=O) groups excluding carboxylic acids is 2. The lowest BCUT2D eigenvalue weighted by Crippen LogP contribution is -2.40. The van der Waals surface area contributed by atoms with E-state index in [1.807, 2.05) is 0 Å². The molecule has 2 unspecified atom stereocenters. The van der Waals surface area contributed by atoms with Gasteiger partial charge in [-0.1, -0.05) is 18.2 Å². The van der Waals surface area contributed by atoms with Crippen LogP contribution in [0.25, 0.3) is 0 Å². The summed E-state index contributed by atoms with van der Waals surface area (Å²) in [6.45, 7) is 2.17. The molecular formula is C22H29FN2O5S. The van der Waals surface area contributed by atoms with Gasteiger partial charge in [-0.15, -0.1) is 0 Å². The monoisotopic (exact) mass is 452 g/mol. The molecule has 7 nitrogen and oxygen atoms in total. The molecule has 0 spiro atoms. The van der Waals surface area contributed by atoms with Gasteiger partial charge in [-0.3, -0.25) is 14.9 Å². The lowest BCUT2D eigenvalue weighted by molar-refractivity contribution is -0.136. The normalized spacial score (nSPS) is 20.6. The maximum Gasteiger partial charge on any atom is 0.229 e. The summed E-state index contributed by atoms with van der Waals surface area (Å²) in [5.41, 5.74) is 0.623. The quantitative estimate of drug-likeness (QED) is 0.397. The first-order chi connectivity index (χ1) is 14.7. The SMILES string of the molecule is CC(NS(=O)(=O)C/C=C/CCC1CCC(=O)NC1=O)c1ccc(F)c(OCC2CC2)c1. The number of benzene rings is 1. The molecule has 1 aromatic carbocycles. The molecule has 9 heteroatoms. The molecule has 31 heavy (non-hydrogen) atoms. The second kappa shape index (κ2) is 10.4. The van der Waals surface area contributed by atoms with Gasteiger partial charge in [-0.25, -0.2) is 17.5 Å². The number of imide groups is 1. The second-order valence-electron chi connectivity index (χ2n) is 8.26.